The summed E-state index contributed by atoms with van der Waals surface area (Å²) in [6, 6.07) is 12.7. The fraction of sp³-hybridized carbons (Fsp3) is 0.158. The second-order valence-corrected chi connectivity index (χ2v) is 6.39. The van der Waals surface area contributed by atoms with Crippen molar-refractivity contribution in [1.29, 1.82) is 0 Å². The fourth-order valence-electron chi connectivity index (χ4n) is 2.09. The minimum atomic E-state index is -0.760. The van der Waals surface area contributed by atoms with E-state index in [9.17, 15) is 19.2 Å². The number of carbonyl (C=O) groups is 4. The molecule has 2 aromatic carbocycles. The van der Waals surface area contributed by atoms with Crippen LogP contribution in [0.25, 0.3) is 0 Å². The van der Waals surface area contributed by atoms with Gasteiger partial charge in [0, 0.05) is 15.7 Å². The zero-order valence-electron chi connectivity index (χ0n) is 14.9. The first-order valence-corrected chi connectivity index (χ1v) is 8.86. The molecule has 2 N–H and O–H groups in total. The molecule has 2 aromatic rings. The Morgan fingerprint density at radius 1 is 1.00 bits per heavy atom. The van der Waals surface area contributed by atoms with Crippen molar-refractivity contribution >= 4 is 45.4 Å². The number of halogens is 1. The highest BCUT2D eigenvalue weighted by molar-refractivity contribution is 9.10. The summed E-state index contributed by atoms with van der Waals surface area (Å²) in [5.41, 5.74) is 1.01. The number of carbonyl (C=O) groups excluding carboxylic acids is 4. The molecule has 28 heavy (non-hydrogen) atoms. The number of ether oxygens (including phenoxy) is 2. The molecule has 2 rings (SSSR count). The third-order valence-electron chi connectivity index (χ3n) is 3.43. The molecule has 8 nitrogen and oxygen atoms in total. The predicted molar refractivity (Wildman–Crippen MR) is 104 cm³/mol. The summed E-state index contributed by atoms with van der Waals surface area (Å²) < 4.78 is 10.2. The highest BCUT2D eigenvalue weighted by Crippen LogP contribution is 2.12. The molecule has 0 aliphatic carbocycles. The summed E-state index contributed by atoms with van der Waals surface area (Å²) in [6.07, 6.45) is 0. The highest BCUT2D eigenvalue weighted by atomic mass is 79.9. The van der Waals surface area contributed by atoms with Crippen molar-refractivity contribution in [3.8, 4) is 0 Å². The Hall–Kier alpha value is -3.20. The van der Waals surface area contributed by atoms with Crippen LogP contribution in [-0.4, -0.2) is 44.0 Å². The summed E-state index contributed by atoms with van der Waals surface area (Å²) in [7, 11) is 1.25. The second-order valence-electron chi connectivity index (χ2n) is 5.47. The van der Waals surface area contributed by atoms with Crippen molar-refractivity contribution in [1.82, 2.24) is 5.32 Å². The molecule has 0 bridgehead atoms. The van der Waals surface area contributed by atoms with Crippen LogP contribution in [-0.2, 0) is 19.1 Å². The van der Waals surface area contributed by atoms with Gasteiger partial charge in [-0.1, -0.05) is 22.0 Å². The third-order valence-corrected chi connectivity index (χ3v) is 3.96. The van der Waals surface area contributed by atoms with Crippen LogP contribution < -0.4 is 10.6 Å². The lowest BCUT2D eigenvalue weighted by atomic mass is 10.2. The Balaban J connectivity index is 1.76. The van der Waals surface area contributed by atoms with E-state index in [1.165, 1.54) is 19.2 Å². The zero-order valence-corrected chi connectivity index (χ0v) is 16.4. The summed E-state index contributed by atoms with van der Waals surface area (Å²) in [5.74, 6) is -2.32. The van der Waals surface area contributed by atoms with Crippen LogP contribution in [0.1, 0.15) is 20.7 Å². The van der Waals surface area contributed by atoms with Crippen LogP contribution in [0, 0.1) is 0 Å². The third kappa shape index (κ3) is 6.51. The number of hydrogen-bond donors (Lipinski definition) is 2. The number of amides is 2. The van der Waals surface area contributed by atoms with Gasteiger partial charge in [0.2, 0.25) is 0 Å². The standard InChI is InChI=1S/C19H17BrN2O6/c1-27-19(26)13-3-2-4-15(9-13)22-16(23)11-28-17(24)10-21-18(25)12-5-7-14(20)8-6-12/h2-9H,10-11H2,1H3,(H,21,25)(H,22,23). The van der Waals surface area contributed by atoms with Gasteiger partial charge in [-0.05, 0) is 42.5 Å². The maximum atomic E-state index is 11.9. The summed E-state index contributed by atoms with van der Waals surface area (Å²) in [6.45, 7) is -0.907. The number of esters is 2. The van der Waals surface area contributed by atoms with E-state index in [-0.39, 0.29) is 12.1 Å². The van der Waals surface area contributed by atoms with Crippen molar-refractivity contribution < 1.29 is 28.7 Å². The van der Waals surface area contributed by atoms with E-state index in [0.717, 1.165) is 4.47 Å². The van der Waals surface area contributed by atoms with Gasteiger partial charge in [0.15, 0.2) is 6.61 Å². The Kier molecular flexibility index (Phi) is 7.70. The Bertz CT molecular complexity index is 882. The number of anilines is 1. The molecule has 0 aliphatic rings. The Morgan fingerprint density at radius 2 is 1.71 bits per heavy atom. The van der Waals surface area contributed by atoms with E-state index in [1.54, 1.807) is 36.4 Å². The van der Waals surface area contributed by atoms with Crippen molar-refractivity contribution in [2.75, 3.05) is 25.6 Å². The molecule has 0 heterocycles. The Morgan fingerprint density at radius 3 is 2.39 bits per heavy atom. The van der Waals surface area contributed by atoms with Crippen LogP contribution in [0.4, 0.5) is 5.69 Å². The second kappa shape index (κ2) is 10.2. The summed E-state index contributed by atoms with van der Waals surface area (Å²) in [4.78, 5) is 46.9. The van der Waals surface area contributed by atoms with E-state index in [1.807, 2.05) is 0 Å². The predicted octanol–water partition coefficient (Wildman–Crippen LogP) is 2.15. The number of nitrogens with one attached hydrogen (secondary N) is 2. The highest BCUT2D eigenvalue weighted by Gasteiger charge is 2.12. The zero-order chi connectivity index (χ0) is 20.5. The molecule has 2 amide bonds. The molecule has 0 saturated carbocycles. The first kappa shape index (κ1) is 21.1. The molecule has 0 aromatic heterocycles. The lowest BCUT2D eigenvalue weighted by Crippen LogP contribution is -2.32. The fourth-order valence-corrected chi connectivity index (χ4v) is 2.36. The molecule has 146 valence electrons. The lowest BCUT2D eigenvalue weighted by Gasteiger charge is -2.08. The van der Waals surface area contributed by atoms with Gasteiger partial charge in [-0.15, -0.1) is 0 Å². The molecule has 9 heteroatoms. The number of benzene rings is 2. The topological polar surface area (TPSA) is 111 Å². The molecule has 0 unspecified atom stereocenters. The first-order valence-electron chi connectivity index (χ1n) is 8.06. The van der Waals surface area contributed by atoms with Gasteiger partial charge < -0.3 is 20.1 Å². The molecule has 0 fully saturated rings. The van der Waals surface area contributed by atoms with Gasteiger partial charge in [0.05, 0.1) is 12.7 Å². The van der Waals surface area contributed by atoms with Crippen molar-refractivity contribution in [2.24, 2.45) is 0 Å². The number of hydrogen-bond acceptors (Lipinski definition) is 6. The molecule has 0 aliphatic heterocycles. The molecule has 0 radical (unpaired) electrons. The van der Waals surface area contributed by atoms with Gasteiger partial charge in [-0.2, -0.15) is 0 Å². The quantitative estimate of drug-likeness (QED) is 0.627. The first-order chi connectivity index (χ1) is 13.4. The van der Waals surface area contributed by atoms with E-state index in [2.05, 4.69) is 31.3 Å². The molecule has 0 atom stereocenters. The summed E-state index contributed by atoms with van der Waals surface area (Å²) >= 11 is 3.26. The molecule has 0 saturated heterocycles. The van der Waals surface area contributed by atoms with Crippen LogP contribution in [0.2, 0.25) is 0 Å². The maximum Gasteiger partial charge on any atom is 0.337 e. The van der Waals surface area contributed by atoms with Crippen LogP contribution in [0.15, 0.2) is 53.0 Å². The summed E-state index contributed by atoms with van der Waals surface area (Å²) in [5, 5.41) is 4.90. The van der Waals surface area contributed by atoms with E-state index < -0.39 is 30.4 Å². The van der Waals surface area contributed by atoms with Crippen molar-refractivity contribution in [3.63, 3.8) is 0 Å². The minimum Gasteiger partial charge on any atom is -0.465 e. The molecule has 0 spiro atoms. The maximum absolute atomic E-state index is 11.9. The lowest BCUT2D eigenvalue weighted by molar-refractivity contribution is -0.146. The van der Waals surface area contributed by atoms with Crippen LogP contribution in [0.5, 0.6) is 0 Å². The average Bonchev–Trinajstić information content (AvgIpc) is 2.70. The largest absolute Gasteiger partial charge is 0.465 e. The van der Waals surface area contributed by atoms with Crippen molar-refractivity contribution in [3.05, 3.63) is 64.1 Å². The van der Waals surface area contributed by atoms with Gasteiger partial charge in [0.1, 0.15) is 6.54 Å². The Labute approximate surface area is 169 Å². The normalized spacial score (nSPS) is 9.93. The molecular formula is C19H17BrN2O6. The van der Waals surface area contributed by atoms with Crippen LogP contribution in [0.3, 0.4) is 0 Å². The van der Waals surface area contributed by atoms with E-state index in [4.69, 9.17) is 4.74 Å². The van der Waals surface area contributed by atoms with Gasteiger partial charge in [-0.25, -0.2) is 4.79 Å². The monoisotopic (exact) mass is 448 g/mol. The van der Waals surface area contributed by atoms with Gasteiger partial charge in [-0.3, -0.25) is 14.4 Å². The molecular weight excluding hydrogens is 432 g/mol. The van der Waals surface area contributed by atoms with Crippen molar-refractivity contribution in [2.45, 2.75) is 0 Å². The van der Waals surface area contributed by atoms with E-state index >= 15 is 0 Å². The minimum absolute atomic E-state index is 0.271. The SMILES string of the molecule is COC(=O)c1cccc(NC(=O)COC(=O)CNC(=O)c2ccc(Br)cc2)c1. The smallest absolute Gasteiger partial charge is 0.337 e. The van der Waals surface area contributed by atoms with Gasteiger partial charge >= 0.3 is 11.9 Å². The average molecular weight is 449 g/mol. The van der Waals surface area contributed by atoms with E-state index in [0.29, 0.717) is 11.3 Å². The number of methoxy groups -OCH3 is 1. The number of rotatable bonds is 7. The van der Waals surface area contributed by atoms with Gasteiger partial charge in [0.25, 0.3) is 11.8 Å². The van der Waals surface area contributed by atoms with Crippen LogP contribution >= 0.6 is 15.9 Å².